The van der Waals surface area contributed by atoms with Crippen molar-refractivity contribution in [1.82, 2.24) is 0 Å². The first kappa shape index (κ1) is 8.20. The Balaban J connectivity index is 2.47. The molecule has 0 atom stereocenters. The van der Waals surface area contributed by atoms with Gasteiger partial charge in [-0.2, -0.15) is 0 Å². The zero-order valence-corrected chi connectivity index (χ0v) is 8.45. The maximum absolute atomic E-state index is 2.34. The van der Waals surface area contributed by atoms with E-state index in [-0.39, 0.29) is 0 Å². The van der Waals surface area contributed by atoms with Crippen LogP contribution in [-0.4, -0.2) is 0 Å². The summed E-state index contributed by atoms with van der Waals surface area (Å²) in [6, 6.07) is 0. The van der Waals surface area contributed by atoms with Crippen LogP contribution in [0.15, 0.2) is 22.4 Å². The van der Waals surface area contributed by atoms with E-state index in [4.69, 9.17) is 0 Å². The van der Waals surface area contributed by atoms with E-state index in [1.165, 1.54) is 16.5 Å². The molecule has 0 amide bonds. The number of rotatable bonds is 3. The molecule has 0 saturated heterocycles. The van der Waals surface area contributed by atoms with Gasteiger partial charge in [-0.25, -0.2) is 0 Å². The molecule has 0 aromatic carbocycles. The Hall–Kier alpha value is 0.103. The van der Waals surface area contributed by atoms with Crippen molar-refractivity contribution >= 4 is 0 Å². The van der Waals surface area contributed by atoms with Gasteiger partial charge >= 0.3 is 68.6 Å². The summed E-state index contributed by atoms with van der Waals surface area (Å²) in [5.74, 6) is 0. The second-order valence-electron chi connectivity index (χ2n) is 2.16. The quantitative estimate of drug-likeness (QED) is 0.645. The monoisotopic (exact) mass is 225 g/mol. The molecule has 59 valence electrons. The van der Waals surface area contributed by atoms with Crippen LogP contribution in [-0.2, 0) is 16.0 Å². The minimum absolute atomic E-state index is 0.487. The summed E-state index contributed by atoms with van der Waals surface area (Å²) in [6.07, 6.45) is 8.09. The fourth-order valence-corrected chi connectivity index (χ4v) is 4.83. The van der Waals surface area contributed by atoms with Crippen LogP contribution in [0.25, 0.3) is 0 Å². The van der Waals surface area contributed by atoms with E-state index in [0.29, 0.717) is 0 Å². The molecule has 0 radical (unpaired) electrons. The molecule has 0 fully saturated rings. The molecule has 0 aromatic heterocycles. The van der Waals surface area contributed by atoms with Crippen LogP contribution in [0.4, 0.5) is 0 Å². The molecule has 0 aliphatic heterocycles. The molecular weight excluding hydrogens is 209 g/mol. The standard InChI is InChI=1S/C5H5.2C2H5.Ru/c1-2-4-5-3-1;2*1-2;/h1-3H,4H2;2*1H2,2H3;. The van der Waals surface area contributed by atoms with Crippen molar-refractivity contribution < 1.29 is 16.0 Å². The van der Waals surface area contributed by atoms with Gasteiger partial charge in [-0.05, 0) is 0 Å². The van der Waals surface area contributed by atoms with Crippen LogP contribution >= 0.6 is 0 Å². The normalized spacial score (nSPS) is 17.4. The van der Waals surface area contributed by atoms with Crippen LogP contribution in [0.2, 0.25) is 10.0 Å². The zero-order chi connectivity index (χ0) is 7.40. The first-order chi connectivity index (χ1) is 4.88. The van der Waals surface area contributed by atoms with Crippen molar-refractivity contribution in [1.29, 1.82) is 0 Å². The first-order valence-corrected chi connectivity index (χ1v) is 7.14. The number of hydrogen-bond acceptors (Lipinski definition) is 0. The Labute approximate surface area is 68.9 Å². The van der Waals surface area contributed by atoms with Gasteiger partial charge in [0.25, 0.3) is 0 Å². The second-order valence-corrected chi connectivity index (χ2v) is 7.83. The van der Waals surface area contributed by atoms with Gasteiger partial charge in [-0.3, -0.25) is 0 Å². The van der Waals surface area contributed by atoms with Gasteiger partial charge in [-0.1, -0.05) is 0 Å². The molecule has 0 aromatic rings. The molecule has 0 spiro atoms. The third-order valence-electron chi connectivity index (χ3n) is 1.64. The third kappa shape index (κ3) is 1.79. The fourth-order valence-electron chi connectivity index (χ4n) is 1.10. The van der Waals surface area contributed by atoms with E-state index in [0.717, 1.165) is 0 Å². The Morgan fingerprint density at radius 3 is 2.50 bits per heavy atom. The second kappa shape index (κ2) is 4.08. The van der Waals surface area contributed by atoms with Gasteiger partial charge < -0.3 is 0 Å². The fraction of sp³-hybridized carbons (Fsp3) is 0.556. The van der Waals surface area contributed by atoms with E-state index in [9.17, 15) is 0 Å². The molecule has 0 N–H and O–H groups in total. The van der Waals surface area contributed by atoms with Gasteiger partial charge in [-0.15, -0.1) is 0 Å². The third-order valence-corrected chi connectivity index (χ3v) is 6.83. The van der Waals surface area contributed by atoms with Crippen molar-refractivity contribution in [2.24, 2.45) is 0 Å². The Kier molecular flexibility index (Phi) is 3.35. The van der Waals surface area contributed by atoms with E-state index >= 15 is 0 Å². The molecule has 10 heavy (non-hydrogen) atoms. The van der Waals surface area contributed by atoms with Gasteiger partial charge in [0.05, 0.1) is 0 Å². The predicted molar refractivity (Wildman–Crippen MR) is 42.8 cm³/mol. The van der Waals surface area contributed by atoms with Gasteiger partial charge in [0, 0.05) is 0 Å². The average molecular weight is 224 g/mol. The molecule has 0 nitrogen and oxygen atoms in total. The van der Waals surface area contributed by atoms with E-state index < -0.39 is 16.0 Å². The summed E-state index contributed by atoms with van der Waals surface area (Å²) in [6.45, 7) is 4.67. The Morgan fingerprint density at radius 2 is 2.10 bits per heavy atom. The summed E-state index contributed by atoms with van der Waals surface area (Å²) in [5, 5.41) is 2.88. The molecule has 1 aliphatic carbocycles. The zero-order valence-electron chi connectivity index (χ0n) is 6.71. The van der Waals surface area contributed by atoms with E-state index in [2.05, 4.69) is 32.1 Å². The van der Waals surface area contributed by atoms with Crippen molar-refractivity contribution in [3.05, 3.63) is 22.4 Å². The van der Waals surface area contributed by atoms with Crippen molar-refractivity contribution in [3.63, 3.8) is 0 Å². The van der Waals surface area contributed by atoms with Gasteiger partial charge in [0.15, 0.2) is 0 Å². The van der Waals surface area contributed by atoms with Crippen LogP contribution in [0.5, 0.6) is 0 Å². The van der Waals surface area contributed by atoms with Crippen LogP contribution < -0.4 is 0 Å². The summed E-state index contributed by atoms with van der Waals surface area (Å²) in [7, 11) is 0. The predicted octanol–water partition coefficient (Wildman–Crippen LogP) is 3.32. The topological polar surface area (TPSA) is 0 Å². The van der Waals surface area contributed by atoms with Crippen LogP contribution in [0.1, 0.15) is 20.3 Å². The number of allylic oxidation sites excluding steroid dienone is 4. The van der Waals surface area contributed by atoms with Crippen molar-refractivity contribution in [2.45, 2.75) is 30.3 Å². The molecular formula is C9H15Ru. The van der Waals surface area contributed by atoms with Crippen LogP contribution in [0, 0.1) is 0 Å². The van der Waals surface area contributed by atoms with Crippen LogP contribution in [0.3, 0.4) is 0 Å². The Bertz CT molecular complexity index is 152. The molecule has 0 saturated carbocycles. The first-order valence-electron chi connectivity index (χ1n) is 3.81. The molecule has 1 aliphatic rings. The number of hydrogen-bond donors (Lipinski definition) is 0. The summed E-state index contributed by atoms with van der Waals surface area (Å²) < 4.78 is 1.77. The summed E-state index contributed by atoms with van der Waals surface area (Å²) >= 11 is -0.487. The van der Waals surface area contributed by atoms with Gasteiger partial charge in [0.1, 0.15) is 0 Å². The Morgan fingerprint density at radius 1 is 1.40 bits per heavy atom. The van der Waals surface area contributed by atoms with Crippen molar-refractivity contribution in [2.75, 3.05) is 0 Å². The van der Waals surface area contributed by atoms with Gasteiger partial charge in [0.2, 0.25) is 0 Å². The maximum atomic E-state index is 2.34. The molecule has 0 bridgehead atoms. The molecule has 0 heterocycles. The van der Waals surface area contributed by atoms with Crippen molar-refractivity contribution in [3.8, 4) is 0 Å². The summed E-state index contributed by atoms with van der Waals surface area (Å²) in [5.41, 5.74) is 0. The van der Waals surface area contributed by atoms with E-state index in [1.807, 2.05) is 0 Å². The SMILES string of the molecule is C[CH2][Ru]([CH2]C)[C]1=CC=CC1. The summed E-state index contributed by atoms with van der Waals surface area (Å²) in [4.78, 5) is 0. The average Bonchev–Trinajstić information content (AvgIpc) is 2.43. The minimum atomic E-state index is -0.487. The van der Waals surface area contributed by atoms with E-state index in [1.54, 1.807) is 4.17 Å². The molecule has 1 heteroatoms. The molecule has 1 rings (SSSR count). The molecule has 0 unspecified atom stereocenters.